The van der Waals surface area contributed by atoms with Crippen LogP contribution in [0.1, 0.15) is 58.3 Å². The lowest BCUT2D eigenvalue weighted by molar-refractivity contribution is -0.107. The van der Waals surface area contributed by atoms with E-state index < -0.39 is 0 Å². The molecule has 1 aliphatic carbocycles. The Kier molecular flexibility index (Phi) is 5.20. The highest BCUT2D eigenvalue weighted by molar-refractivity contribution is 4.95. The SMILES string of the molecule is CCC1CCC(C(NN)C2CCOC3(CCOC3)C2)CC1. The largest absolute Gasteiger partial charge is 0.378 e. The summed E-state index contributed by atoms with van der Waals surface area (Å²) in [4.78, 5) is 0. The third-order valence-electron chi connectivity index (χ3n) is 6.28. The Bertz CT molecular complexity index is 323. The van der Waals surface area contributed by atoms with Crippen LogP contribution in [-0.4, -0.2) is 31.5 Å². The second kappa shape index (κ2) is 6.95. The molecule has 2 heterocycles. The predicted octanol–water partition coefficient (Wildman–Crippen LogP) is 2.62. The minimum atomic E-state index is -0.00135. The molecule has 1 saturated carbocycles. The first-order chi connectivity index (χ1) is 10.3. The van der Waals surface area contributed by atoms with Gasteiger partial charge in [0.1, 0.15) is 0 Å². The normalized spacial score (nSPS) is 42.3. The van der Waals surface area contributed by atoms with E-state index in [0.717, 1.165) is 50.9 Å². The Morgan fingerprint density at radius 3 is 2.57 bits per heavy atom. The van der Waals surface area contributed by atoms with Gasteiger partial charge in [0, 0.05) is 25.7 Å². The van der Waals surface area contributed by atoms with Crippen LogP contribution >= 0.6 is 0 Å². The molecular formula is C17H32N2O2. The van der Waals surface area contributed by atoms with Gasteiger partial charge < -0.3 is 9.47 Å². The molecule has 0 amide bonds. The Balaban J connectivity index is 1.60. The number of hydrogen-bond acceptors (Lipinski definition) is 4. The molecule has 1 spiro atoms. The van der Waals surface area contributed by atoms with Crippen LogP contribution in [0.3, 0.4) is 0 Å². The van der Waals surface area contributed by atoms with Crippen molar-refractivity contribution in [3.8, 4) is 0 Å². The Morgan fingerprint density at radius 1 is 1.14 bits per heavy atom. The fraction of sp³-hybridized carbons (Fsp3) is 1.00. The summed E-state index contributed by atoms with van der Waals surface area (Å²) in [6.07, 6.45) is 10.1. The van der Waals surface area contributed by atoms with Gasteiger partial charge in [-0.05, 0) is 43.4 Å². The van der Waals surface area contributed by atoms with Crippen molar-refractivity contribution in [2.45, 2.75) is 69.9 Å². The Labute approximate surface area is 129 Å². The molecule has 0 radical (unpaired) electrons. The van der Waals surface area contributed by atoms with Gasteiger partial charge in [-0.3, -0.25) is 11.3 Å². The van der Waals surface area contributed by atoms with Crippen LogP contribution in [0.2, 0.25) is 0 Å². The first-order valence-corrected chi connectivity index (χ1v) is 8.94. The summed E-state index contributed by atoms with van der Waals surface area (Å²) in [5.74, 6) is 8.31. The number of hydrogen-bond donors (Lipinski definition) is 2. The summed E-state index contributed by atoms with van der Waals surface area (Å²) >= 11 is 0. The van der Waals surface area contributed by atoms with Crippen molar-refractivity contribution in [3.05, 3.63) is 0 Å². The average molecular weight is 296 g/mol. The zero-order valence-electron chi connectivity index (χ0n) is 13.5. The highest BCUT2D eigenvalue weighted by atomic mass is 16.6. The van der Waals surface area contributed by atoms with E-state index in [4.69, 9.17) is 15.3 Å². The molecular weight excluding hydrogens is 264 g/mol. The van der Waals surface area contributed by atoms with Gasteiger partial charge in [0.05, 0.1) is 12.2 Å². The van der Waals surface area contributed by atoms with Gasteiger partial charge in [-0.15, -0.1) is 0 Å². The van der Waals surface area contributed by atoms with Crippen molar-refractivity contribution in [3.63, 3.8) is 0 Å². The lowest BCUT2D eigenvalue weighted by Crippen LogP contribution is -2.52. The first kappa shape index (κ1) is 15.7. The highest BCUT2D eigenvalue weighted by Gasteiger charge is 2.44. The van der Waals surface area contributed by atoms with E-state index in [1.54, 1.807) is 0 Å². The van der Waals surface area contributed by atoms with Gasteiger partial charge in [-0.2, -0.15) is 0 Å². The fourth-order valence-corrected chi connectivity index (χ4v) is 4.85. The molecule has 3 atom stereocenters. The van der Waals surface area contributed by atoms with Crippen LogP contribution in [-0.2, 0) is 9.47 Å². The zero-order valence-corrected chi connectivity index (χ0v) is 13.5. The van der Waals surface area contributed by atoms with E-state index in [9.17, 15) is 0 Å². The van der Waals surface area contributed by atoms with Crippen LogP contribution in [0.25, 0.3) is 0 Å². The molecule has 0 aromatic carbocycles. The molecule has 2 aliphatic heterocycles. The third kappa shape index (κ3) is 3.44. The van der Waals surface area contributed by atoms with Crippen LogP contribution in [0.5, 0.6) is 0 Å². The Hall–Kier alpha value is -0.160. The maximum absolute atomic E-state index is 6.08. The number of nitrogens with two attached hydrogens (primary N) is 1. The summed E-state index contributed by atoms with van der Waals surface area (Å²) in [7, 11) is 0. The molecule has 3 rings (SSSR count). The molecule has 3 N–H and O–H groups in total. The molecule has 4 nitrogen and oxygen atoms in total. The lowest BCUT2D eigenvalue weighted by Gasteiger charge is -2.44. The van der Waals surface area contributed by atoms with Crippen molar-refractivity contribution < 1.29 is 9.47 Å². The van der Waals surface area contributed by atoms with Crippen LogP contribution < -0.4 is 11.3 Å². The molecule has 2 saturated heterocycles. The number of nitrogens with one attached hydrogen (secondary N) is 1. The van der Waals surface area contributed by atoms with Crippen LogP contribution in [0, 0.1) is 17.8 Å². The second-order valence-corrected chi connectivity index (χ2v) is 7.47. The van der Waals surface area contributed by atoms with Gasteiger partial charge in [-0.1, -0.05) is 26.2 Å². The van der Waals surface area contributed by atoms with E-state index in [2.05, 4.69) is 12.3 Å². The standard InChI is InChI=1S/C17H32N2O2/c1-2-13-3-5-14(6-4-13)16(19-18)15-7-9-21-17(11-15)8-10-20-12-17/h13-16,19H,2-12,18H2,1H3. The number of rotatable bonds is 4. The fourth-order valence-electron chi connectivity index (χ4n) is 4.85. The van der Waals surface area contributed by atoms with Crippen LogP contribution in [0.4, 0.5) is 0 Å². The van der Waals surface area contributed by atoms with Gasteiger partial charge in [0.25, 0.3) is 0 Å². The van der Waals surface area contributed by atoms with Gasteiger partial charge in [-0.25, -0.2) is 0 Å². The predicted molar refractivity (Wildman–Crippen MR) is 83.7 cm³/mol. The van der Waals surface area contributed by atoms with E-state index in [1.165, 1.54) is 32.1 Å². The number of hydrazine groups is 1. The highest BCUT2D eigenvalue weighted by Crippen LogP contribution is 2.41. The van der Waals surface area contributed by atoms with Gasteiger partial charge in [0.15, 0.2) is 0 Å². The maximum Gasteiger partial charge on any atom is 0.0939 e. The van der Waals surface area contributed by atoms with Crippen molar-refractivity contribution in [2.75, 3.05) is 19.8 Å². The molecule has 122 valence electrons. The molecule has 3 aliphatic rings. The summed E-state index contributed by atoms with van der Waals surface area (Å²) < 4.78 is 11.7. The molecule has 3 unspecified atom stereocenters. The summed E-state index contributed by atoms with van der Waals surface area (Å²) in [5, 5.41) is 0. The molecule has 0 aromatic rings. The topological polar surface area (TPSA) is 56.5 Å². The number of ether oxygens (including phenoxy) is 2. The molecule has 3 fully saturated rings. The minimum absolute atomic E-state index is 0.00135. The van der Waals surface area contributed by atoms with E-state index in [0.29, 0.717) is 12.0 Å². The lowest BCUT2D eigenvalue weighted by atomic mass is 9.71. The summed E-state index contributed by atoms with van der Waals surface area (Å²) in [6.45, 7) is 4.83. The van der Waals surface area contributed by atoms with E-state index >= 15 is 0 Å². The van der Waals surface area contributed by atoms with Crippen molar-refractivity contribution in [2.24, 2.45) is 23.6 Å². The monoisotopic (exact) mass is 296 g/mol. The van der Waals surface area contributed by atoms with Crippen molar-refractivity contribution in [1.82, 2.24) is 5.43 Å². The first-order valence-electron chi connectivity index (χ1n) is 8.94. The summed E-state index contributed by atoms with van der Waals surface area (Å²) in [6, 6.07) is 0.462. The maximum atomic E-state index is 6.08. The van der Waals surface area contributed by atoms with Crippen molar-refractivity contribution in [1.29, 1.82) is 0 Å². The van der Waals surface area contributed by atoms with Gasteiger partial charge >= 0.3 is 0 Å². The van der Waals surface area contributed by atoms with Crippen LogP contribution in [0.15, 0.2) is 0 Å². The molecule has 21 heavy (non-hydrogen) atoms. The Morgan fingerprint density at radius 2 is 1.95 bits per heavy atom. The summed E-state index contributed by atoms with van der Waals surface area (Å²) in [5.41, 5.74) is 3.18. The molecule has 0 aromatic heterocycles. The van der Waals surface area contributed by atoms with E-state index in [-0.39, 0.29) is 5.60 Å². The zero-order chi connectivity index (χ0) is 14.7. The average Bonchev–Trinajstić information content (AvgIpc) is 2.96. The molecule has 4 heteroatoms. The van der Waals surface area contributed by atoms with E-state index in [1.807, 2.05) is 0 Å². The second-order valence-electron chi connectivity index (χ2n) is 7.47. The molecule has 0 bridgehead atoms. The third-order valence-corrected chi connectivity index (χ3v) is 6.28. The minimum Gasteiger partial charge on any atom is -0.378 e. The quantitative estimate of drug-likeness (QED) is 0.618. The van der Waals surface area contributed by atoms with Gasteiger partial charge in [0.2, 0.25) is 0 Å². The van der Waals surface area contributed by atoms with Crippen molar-refractivity contribution >= 4 is 0 Å². The smallest absolute Gasteiger partial charge is 0.0939 e.